The second-order valence-corrected chi connectivity index (χ2v) is 4.68. The number of benzene rings is 1. The predicted octanol–water partition coefficient (Wildman–Crippen LogP) is 2.52. The fraction of sp³-hybridized carbons (Fsp3) is 0.467. The van der Waals surface area contributed by atoms with E-state index < -0.39 is 17.8 Å². The molecule has 1 aromatic rings. The van der Waals surface area contributed by atoms with E-state index in [4.69, 9.17) is 9.94 Å². The number of hydrogen-bond donors (Lipinski definition) is 2. The number of unbranched alkanes of at least 4 members (excludes halogenated alkanes) is 1. The van der Waals surface area contributed by atoms with E-state index >= 15 is 0 Å². The van der Waals surface area contributed by atoms with Gasteiger partial charge >= 0.3 is 5.97 Å². The molecular weight excluding hydrogens is 258 g/mol. The summed E-state index contributed by atoms with van der Waals surface area (Å²) >= 11 is 0. The van der Waals surface area contributed by atoms with Crippen LogP contribution in [0.1, 0.15) is 38.2 Å². The van der Waals surface area contributed by atoms with Crippen molar-refractivity contribution in [3.8, 4) is 0 Å². The van der Waals surface area contributed by atoms with Crippen molar-refractivity contribution in [3.63, 3.8) is 0 Å². The first kappa shape index (κ1) is 16.2. The number of carboxylic acids is 1. The molecule has 1 amide bonds. The first-order valence-corrected chi connectivity index (χ1v) is 6.80. The van der Waals surface area contributed by atoms with Crippen molar-refractivity contribution >= 4 is 11.9 Å². The Balaban J connectivity index is 2.29. The maximum atomic E-state index is 11.6. The van der Waals surface area contributed by atoms with E-state index in [1.165, 1.54) is 0 Å². The van der Waals surface area contributed by atoms with Gasteiger partial charge in [-0.15, -0.1) is 0 Å². The molecule has 0 fully saturated rings. The minimum atomic E-state index is -0.934. The van der Waals surface area contributed by atoms with Crippen molar-refractivity contribution in [2.75, 3.05) is 0 Å². The first-order chi connectivity index (χ1) is 9.63. The Morgan fingerprint density at radius 3 is 2.60 bits per heavy atom. The molecule has 110 valence electrons. The summed E-state index contributed by atoms with van der Waals surface area (Å²) in [6.45, 7) is 2.25. The lowest BCUT2D eigenvalue weighted by Crippen LogP contribution is -2.28. The standard InChI is InChI=1S/C15H21NO4/c1-2-3-9-13(15(18)19)10-14(17)16-20-11-12-7-5-4-6-8-12/h4-8,13H,2-3,9-11H2,1H3,(H,16,17)(H,18,19). The number of rotatable bonds is 9. The van der Waals surface area contributed by atoms with Crippen LogP contribution in [-0.2, 0) is 21.0 Å². The van der Waals surface area contributed by atoms with Crippen LogP contribution in [0.15, 0.2) is 30.3 Å². The van der Waals surface area contributed by atoms with Crippen LogP contribution in [-0.4, -0.2) is 17.0 Å². The molecule has 1 rings (SSSR count). The highest BCUT2D eigenvalue weighted by molar-refractivity contribution is 5.81. The number of carbonyl (C=O) groups is 2. The van der Waals surface area contributed by atoms with Crippen molar-refractivity contribution in [2.24, 2.45) is 5.92 Å². The minimum absolute atomic E-state index is 0.0515. The Labute approximate surface area is 118 Å². The molecule has 0 saturated heterocycles. The van der Waals surface area contributed by atoms with Gasteiger partial charge in [0.2, 0.25) is 5.91 Å². The highest BCUT2D eigenvalue weighted by Crippen LogP contribution is 2.13. The van der Waals surface area contributed by atoms with Gasteiger partial charge in [-0.3, -0.25) is 14.4 Å². The lowest BCUT2D eigenvalue weighted by molar-refractivity contribution is -0.147. The monoisotopic (exact) mass is 279 g/mol. The van der Waals surface area contributed by atoms with Crippen LogP contribution >= 0.6 is 0 Å². The number of hydrogen-bond acceptors (Lipinski definition) is 3. The average molecular weight is 279 g/mol. The van der Waals surface area contributed by atoms with Crippen molar-refractivity contribution in [1.29, 1.82) is 0 Å². The number of nitrogens with one attached hydrogen (secondary N) is 1. The molecule has 0 radical (unpaired) electrons. The maximum absolute atomic E-state index is 11.6. The highest BCUT2D eigenvalue weighted by atomic mass is 16.6. The van der Waals surface area contributed by atoms with Crippen LogP contribution in [0.2, 0.25) is 0 Å². The third-order valence-electron chi connectivity index (χ3n) is 2.95. The maximum Gasteiger partial charge on any atom is 0.307 e. The second-order valence-electron chi connectivity index (χ2n) is 4.68. The molecule has 0 bridgehead atoms. The van der Waals surface area contributed by atoms with Crippen LogP contribution < -0.4 is 5.48 Å². The van der Waals surface area contributed by atoms with Gasteiger partial charge in [-0.05, 0) is 12.0 Å². The summed E-state index contributed by atoms with van der Waals surface area (Å²) in [6.07, 6.45) is 2.17. The van der Waals surface area contributed by atoms with Gasteiger partial charge in [0.15, 0.2) is 0 Å². The van der Waals surface area contributed by atoms with Gasteiger partial charge in [-0.25, -0.2) is 5.48 Å². The number of carboxylic acid groups (broad SMARTS) is 1. The lowest BCUT2D eigenvalue weighted by atomic mass is 9.98. The predicted molar refractivity (Wildman–Crippen MR) is 74.6 cm³/mol. The highest BCUT2D eigenvalue weighted by Gasteiger charge is 2.20. The van der Waals surface area contributed by atoms with Crippen LogP contribution in [0.5, 0.6) is 0 Å². The van der Waals surface area contributed by atoms with Crippen molar-refractivity contribution in [2.45, 2.75) is 39.2 Å². The zero-order chi connectivity index (χ0) is 14.8. The Morgan fingerprint density at radius 1 is 1.30 bits per heavy atom. The number of carbonyl (C=O) groups excluding carboxylic acids is 1. The van der Waals surface area contributed by atoms with Crippen molar-refractivity contribution in [3.05, 3.63) is 35.9 Å². The van der Waals surface area contributed by atoms with Gasteiger partial charge in [0, 0.05) is 6.42 Å². The third kappa shape index (κ3) is 6.33. The van der Waals surface area contributed by atoms with Gasteiger partial charge in [0.1, 0.15) is 0 Å². The quantitative estimate of drug-likeness (QED) is 0.681. The van der Waals surface area contributed by atoms with Crippen LogP contribution in [0.25, 0.3) is 0 Å². The van der Waals surface area contributed by atoms with E-state index in [0.29, 0.717) is 6.42 Å². The number of amides is 1. The normalized spacial score (nSPS) is 11.8. The van der Waals surface area contributed by atoms with E-state index in [-0.39, 0.29) is 13.0 Å². The molecule has 0 heterocycles. The summed E-state index contributed by atoms with van der Waals surface area (Å²) in [5.74, 6) is -1.98. The molecule has 5 heteroatoms. The summed E-state index contributed by atoms with van der Waals surface area (Å²) in [7, 11) is 0. The molecular formula is C15H21NO4. The molecule has 0 spiro atoms. The summed E-state index contributed by atoms with van der Waals surface area (Å²) in [5.41, 5.74) is 3.23. The molecule has 1 aromatic carbocycles. The molecule has 20 heavy (non-hydrogen) atoms. The van der Waals surface area contributed by atoms with Gasteiger partial charge in [-0.2, -0.15) is 0 Å². The Hall–Kier alpha value is -1.88. The van der Waals surface area contributed by atoms with E-state index in [0.717, 1.165) is 18.4 Å². The average Bonchev–Trinajstić information content (AvgIpc) is 2.44. The van der Waals surface area contributed by atoms with Gasteiger partial charge in [-0.1, -0.05) is 50.1 Å². The molecule has 0 aliphatic rings. The van der Waals surface area contributed by atoms with E-state index in [2.05, 4.69) is 5.48 Å². The molecule has 5 nitrogen and oxygen atoms in total. The molecule has 0 saturated carbocycles. The zero-order valence-electron chi connectivity index (χ0n) is 11.7. The third-order valence-corrected chi connectivity index (χ3v) is 2.95. The lowest BCUT2D eigenvalue weighted by Gasteiger charge is -2.11. The van der Waals surface area contributed by atoms with Crippen LogP contribution in [0.4, 0.5) is 0 Å². The van der Waals surface area contributed by atoms with Crippen LogP contribution in [0.3, 0.4) is 0 Å². The van der Waals surface area contributed by atoms with Gasteiger partial charge < -0.3 is 5.11 Å². The van der Waals surface area contributed by atoms with Gasteiger partial charge in [0.05, 0.1) is 12.5 Å². The molecule has 0 aromatic heterocycles. The molecule has 1 unspecified atom stereocenters. The second kappa shape index (κ2) is 9.09. The molecule has 2 N–H and O–H groups in total. The Bertz CT molecular complexity index is 419. The van der Waals surface area contributed by atoms with E-state index in [9.17, 15) is 9.59 Å². The summed E-state index contributed by atoms with van der Waals surface area (Å²) in [5, 5.41) is 9.03. The van der Waals surface area contributed by atoms with E-state index in [1.54, 1.807) is 0 Å². The SMILES string of the molecule is CCCCC(CC(=O)NOCc1ccccc1)C(=O)O. The molecule has 1 atom stereocenters. The summed E-state index contributed by atoms with van der Waals surface area (Å²) < 4.78 is 0. The minimum Gasteiger partial charge on any atom is -0.481 e. The first-order valence-electron chi connectivity index (χ1n) is 6.80. The fourth-order valence-corrected chi connectivity index (χ4v) is 1.80. The number of hydroxylamine groups is 1. The van der Waals surface area contributed by atoms with Crippen molar-refractivity contribution in [1.82, 2.24) is 5.48 Å². The Morgan fingerprint density at radius 2 is 2.00 bits per heavy atom. The smallest absolute Gasteiger partial charge is 0.307 e. The molecule has 0 aliphatic carbocycles. The van der Waals surface area contributed by atoms with Crippen molar-refractivity contribution < 1.29 is 19.5 Å². The topological polar surface area (TPSA) is 75.6 Å². The fourth-order valence-electron chi connectivity index (χ4n) is 1.80. The zero-order valence-corrected chi connectivity index (χ0v) is 11.7. The largest absolute Gasteiger partial charge is 0.481 e. The Kier molecular flexibility index (Phi) is 7.35. The summed E-state index contributed by atoms with van der Waals surface area (Å²) in [4.78, 5) is 27.7. The van der Waals surface area contributed by atoms with E-state index in [1.807, 2.05) is 37.3 Å². The molecule has 0 aliphatic heterocycles. The van der Waals surface area contributed by atoms with Gasteiger partial charge in [0.25, 0.3) is 0 Å². The van der Waals surface area contributed by atoms with Crippen LogP contribution in [0, 0.1) is 5.92 Å². The number of aliphatic carboxylic acids is 1. The summed E-state index contributed by atoms with van der Waals surface area (Å²) in [6, 6.07) is 9.42.